The van der Waals surface area contributed by atoms with E-state index < -0.39 is 23.8 Å². The highest BCUT2D eigenvalue weighted by molar-refractivity contribution is 7.98. The lowest BCUT2D eigenvalue weighted by atomic mass is 10.1. The normalized spacial score (nSPS) is 13.9. The summed E-state index contributed by atoms with van der Waals surface area (Å²) in [6.45, 7) is 0. The molecule has 0 saturated carbocycles. The third-order valence-electron chi connectivity index (χ3n) is 5.81. The zero-order valence-electron chi connectivity index (χ0n) is 18.4. The Labute approximate surface area is 205 Å². The van der Waals surface area contributed by atoms with Crippen LogP contribution < -0.4 is 5.32 Å². The number of fused-ring (bicyclic) bond motifs is 2. The number of benzene rings is 3. The maximum Gasteiger partial charge on any atom is 0.262 e. The molecule has 1 aromatic heterocycles. The van der Waals surface area contributed by atoms with Gasteiger partial charge >= 0.3 is 0 Å². The van der Waals surface area contributed by atoms with Crippen LogP contribution in [0.1, 0.15) is 27.1 Å². The van der Waals surface area contributed by atoms with E-state index in [0.717, 1.165) is 26.9 Å². The lowest BCUT2D eigenvalue weighted by molar-refractivity contribution is -0.120. The van der Waals surface area contributed by atoms with Crippen LogP contribution in [0.25, 0.3) is 22.0 Å². The van der Waals surface area contributed by atoms with E-state index in [4.69, 9.17) is 0 Å². The number of rotatable bonds is 7. The van der Waals surface area contributed by atoms with Gasteiger partial charge in [0, 0.05) is 10.9 Å². The summed E-state index contributed by atoms with van der Waals surface area (Å²) in [5.74, 6) is -0.648. The van der Waals surface area contributed by atoms with Crippen molar-refractivity contribution in [3.8, 4) is 11.3 Å². The molecular weight excluding hydrogens is 466 g/mol. The summed E-state index contributed by atoms with van der Waals surface area (Å²) in [5, 5.41) is 7.41. The number of nitrogens with one attached hydrogen (secondary N) is 1. The summed E-state index contributed by atoms with van der Waals surface area (Å²) in [4.78, 5) is 44.9. The minimum atomic E-state index is -0.909. The number of carbonyl (C=O) groups is 3. The molecule has 1 aliphatic heterocycles. The predicted octanol–water partition coefficient (Wildman–Crippen LogP) is 5.32. The molecule has 34 heavy (non-hydrogen) atoms. The van der Waals surface area contributed by atoms with Gasteiger partial charge in [-0.05, 0) is 47.4 Å². The number of amides is 3. The van der Waals surface area contributed by atoms with Gasteiger partial charge in [0.25, 0.3) is 11.8 Å². The zero-order chi connectivity index (χ0) is 23.7. The van der Waals surface area contributed by atoms with Crippen LogP contribution in [0.2, 0.25) is 0 Å². The molecule has 0 bridgehead atoms. The van der Waals surface area contributed by atoms with E-state index >= 15 is 0 Å². The predicted molar refractivity (Wildman–Crippen MR) is 137 cm³/mol. The fraction of sp³-hybridized carbons (Fsp3) is 0.154. The smallest absolute Gasteiger partial charge is 0.262 e. The molecule has 1 atom stereocenters. The van der Waals surface area contributed by atoms with E-state index in [-0.39, 0.29) is 0 Å². The molecule has 1 unspecified atom stereocenters. The first-order chi connectivity index (χ1) is 16.6. The van der Waals surface area contributed by atoms with Crippen LogP contribution >= 0.6 is 23.1 Å². The van der Waals surface area contributed by atoms with Crippen LogP contribution in [0.15, 0.2) is 72.1 Å². The zero-order valence-corrected chi connectivity index (χ0v) is 20.0. The number of hydrogen-bond donors (Lipinski definition) is 1. The Kier molecular flexibility index (Phi) is 6.17. The molecule has 2 heterocycles. The molecule has 4 aromatic rings. The van der Waals surface area contributed by atoms with Crippen LogP contribution in [0, 0.1) is 0 Å². The number of thiazole rings is 1. The number of hydrogen-bond acceptors (Lipinski definition) is 6. The van der Waals surface area contributed by atoms with Crippen LogP contribution in [0.3, 0.4) is 0 Å². The molecule has 0 fully saturated rings. The largest absolute Gasteiger partial charge is 0.300 e. The second-order valence-electron chi connectivity index (χ2n) is 7.91. The summed E-state index contributed by atoms with van der Waals surface area (Å²) < 4.78 is 0. The van der Waals surface area contributed by atoms with Crippen molar-refractivity contribution in [1.29, 1.82) is 0 Å². The van der Waals surface area contributed by atoms with Crippen molar-refractivity contribution in [2.75, 3.05) is 17.3 Å². The van der Waals surface area contributed by atoms with E-state index in [1.165, 1.54) is 11.3 Å². The minimum absolute atomic E-state index is 0.335. The topological polar surface area (TPSA) is 79.4 Å². The summed E-state index contributed by atoms with van der Waals surface area (Å²) in [6, 6.07) is 20.0. The molecule has 6 nitrogen and oxygen atoms in total. The fourth-order valence-electron chi connectivity index (χ4n) is 4.10. The first kappa shape index (κ1) is 22.3. The van der Waals surface area contributed by atoms with Gasteiger partial charge in [-0.3, -0.25) is 19.3 Å². The molecule has 0 aliphatic carbocycles. The van der Waals surface area contributed by atoms with Crippen molar-refractivity contribution >= 4 is 56.7 Å². The highest BCUT2D eigenvalue weighted by atomic mass is 32.2. The van der Waals surface area contributed by atoms with Crippen LogP contribution in [-0.2, 0) is 4.79 Å². The Morgan fingerprint density at radius 2 is 1.68 bits per heavy atom. The number of nitrogens with zero attached hydrogens (tertiary/aromatic N) is 2. The Balaban J connectivity index is 1.38. The fourth-order valence-corrected chi connectivity index (χ4v) is 5.28. The van der Waals surface area contributed by atoms with Crippen molar-refractivity contribution in [3.05, 3.63) is 83.2 Å². The van der Waals surface area contributed by atoms with Gasteiger partial charge in [-0.25, -0.2) is 4.98 Å². The molecular formula is C26H21N3O3S2. The van der Waals surface area contributed by atoms with Gasteiger partial charge in [0.1, 0.15) is 6.04 Å². The Morgan fingerprint density at radius 1 is 1.00 bits per heavy atom. The summed E-state index contributed by atoms with van der Waals surface area (Å²) in [5.41, 5.74) is 2.38. The molecule has 0 saturated heterocycles. The first-order valence-corrected chi connectivity index (χ1v) is 13.1. The maximum atomic E-state index is 13.3. The quantitative estimate of drug-likeness (QED) is 0.357. The van der Waals surface area contributed by atoms with Gasteiger partial charge in [-0.2, -0.15) is 11.8 Å². The van der Waals surface area contributed by atoms with Gasteiger partial charge in [0.2, 0.25) is 5.91 Å². The average Bonchev–Trinajstić information content (AvgIpc) is 3.42. The van der Waals surface area contributed by atoms with E-state index in [9.17, 15) is 14.4 Å². The van der Waals surface area contributed by atoms with Gasteiger partial charge in [-0.1, -0.05) is 48.5 Å². The Morgan fingerprint density at radius 3 is 2.38 bits per heavy atom. The van der Waals surface area contributed by atoms with Crippen LogP contribution in [0.4, 0.5) is 5.13 Å². The standard InChI is InChI=1S/C26H21N3O3S2/c1-33-13-12-22(29-24(31)19-8-4-5-9-20(19)25(29)32)23(30)28-26-27-21(15-34-26)18-11-10-16-6-2-3-7-17(16)14-18/h2-11,14-15,22H,12-13H2,1H3,(H,27,28,30). The van der Waals surface area contributed by atoms with E-state index in [1.54, 1.807) is 36.0 Å². The highest BCUT2D eigenvalue weighted by Gasteiger charge is 2.42. The van der Waals surface area contributed by atoms with Gasteiger partial charge in [0.05, 0.1) is 16.8 Å². The lowest BCUT2D eigenvalue weighted by Crippen LogP contribution is -2.47. The SMILES string of the molecule is CSCCC(C(=O)Nc1nc(-c2ccc3ccccc3c2)cs1)N1C(=O)c2ccccc2C1=O. The second kappa shape index (κ2) is 9.40. The monoisotopic (exact) mass is 487 g/mol. The first-order valence-electron chi connectivity index (χ1n) is 10.8. The second-order valence-corrected chi connectivity index (χ2v) is 9.76. The van der Waals surface area contributed by atoms with Gasteiger partial charge < -0.3 is 5.32 Å². The molecule has 8 heteroatoms. The number of aromatic nitrogens is 1. The van der Waals surface area contributed by atoms with Crippen LogP contribution in [-0.4, -0.2) is 45.7 Å². The highest BCUT2D eigenvalue weighted by Crippen LogP contribution is 2.30. The molecule has 3 aromatic carbocycles. The molecule has 3 amide bonds. The van der Waals surface area contributed by atoms with E-state index in [2.05, 4.69) is 22.4 Å². The molecule has 0 radical (unpaired) electrons. The third-order valence-corrected chi connectivity index (χ3v) is 7.22. The van der Waals surface area contributed by atoms with Crippen LogP contribution in [0.5, 0.6) is 0 Å². The summed E-state index contributed by atoms with van der Waals surface area (Å²) >= 11 is 2.87. The maximum absolute atomic E-state index is 13.3. The Hall–Kier alpha value is -3.49. The molecule has 170 valence electrons. The van der Waals surface area contributed by atoms with E-state index in [1.807, 2.05) is 42.0 Å². The lowest BCUT2D eigenvalue weighted by Gasteiger charge is -2.24. The number of carbonyl (C=O) groups excluding carboxylic acids is 3. The number of anilines is 1. The van der Waals surface area contributed by atoms with E-state index in [0.29, 0.717) is 28.4 Å². The van der Waals surface area contributed by atoms with Crippen molar-refractivity contribution in [1.82, 2.24) is 9.88 Å². The summed E-state index contributed by atoms with van der Waals surface area (Å²) in [7, 11) is 0. The van der Waals surface area contributed by atoms with Crippen molar-refractivity contribution < 1.29 is 14.4 Å². The number of thioether (sulfide) groups is 1. The van der Waals surface area contributed by atoms with Gasteiger partial charge in [0.15, 0.2) is 5.13 Å². The van der Waals surface area contributed by atoms with Crippen molar-refractivity contribution in [3.63, 3.8) is 0 Å². The molecule has 0 spiro atoms. The molecule has 5 rings (SSSR count). The minimum Gasteiger partial charge on any atom is -0.300 e. The van der Waals surface area contributed by atoms with Gasteiger partial charge in [-0.15, -0.1) is 11.3 Å². The summed E-state index contributed by atoms with van der Waals surface area (Å²) in [6.07, 6.45) is 2.29. The third kappa shape index (κ3) is 4.10. The Bertz CT molecular complexity index is 1380. The van der Waals surface area contributed by atoms with Crippen molar-refractivity contribution in [2.24, 2.45) is 0 Å². The molecule has 1 aliphatic rings. The van der Waals surface area contributed by atoms with Crippen molar-refractivity contribution in [2.45, 2.75) is 12.5 Å². The number of imide groups is 1. The average molecular weight is 488 g/mol. The molecule has 1 N–H and O–H groups in total.